The van der Waals surface area contributed by atoms with Gasteiger partial charge in [-0.1, -0.05) is 6.07 Å². The molecular formula is C19H20N4O4. The number of amides is 2. The molecule has 1 aliphatic heterocycles. The summed E-state index contributed by atoms with van der Waals surface area (Å²) in [6.45, 7) is 2.01. The van der Waals surface area contributed by atoms with Crippen molar-refractivity contribution in [2.45, 2.75) is 0 Å². The van der Waals surface area contributed by atoms with Crippen molar-refractivity contribution in [3.63, 3.8) is 0 Å². The predicted octanol–water partition coefficient (Wildman–Crippen LogP) is 1.53. The molecule has 0 spiro atoms. The SMILES string of the molecule is COC(=O)c1cccc(Nc2ccnc(C(=O)N3CCN(C=O)CC3)c2)c1. The molecule has 2 amide bonds. The van der Waals surface area contributed by atoms with Gasteiger partial charge < -0.3 is 19.9 Å². The van der Waals surface area contributed by atoms with Crippen LogP contribution in [0.3, 0.4) is 0 Å². The van der Waals surface area contributed by atoms with Crippen LogP contribution in [0.2, 0.25) is 0 Å². The number of nitrogens with zero attached hydrogens (tertiary/aromatic N) is 3. The van der Waals surface area contributed by atoms with E-state index >= 15 is 0 Å². The van der Waals surface area contributed by atoms with Crippen molar-refractivity contribution in [2.75, 3.05) is 38.6 Å². The number of piperazine rings is 1. The molecule has 1 aromatic heterocycles. The van der Waals surface area contributed by atoms with Crippen molar-refractivity contribution >= 4 is 29.7 Å². The summed E-state index contributed by atoms with van der Waals surface area (Å²) < 4.78 is 4.72. The van der Waals surface area contributed by atoms with Crippen LogP contribution >= 0.6 is 0 Å². The third-order valence-electron chi connectivity index (χ3n) is 4.30. The van der Waals surface area contributed by atoms with Gasteiger partial charge in [0.15, 0.2) is 0 Å². The van der Waals surface area contributed by atoms with Crippen LogP contribution in [0.25, 0.3) is 0 Å². The van der Waals surface area contributed by atoms with Crippen LogP contribution in [0.15, 0.2) is 42.6 Å². The molecule has 0 radical (unpaired) electrons. The molecule has 0 aliphatic carbocycles. The second-order valence-electron chi connectivity index (χ2n) is 6.06. The van der Waals surface area contributed by atoms with Crippen LogP contribution in [0.1, 0.15) is 20.8 Å². The van der Waals surface area contributed by atoms with Crippen molar-refractivity contribution in [3.8, 4) is 0 Å². The number of ether oxygens (including phenoxy) is 1. The van der Waals surface area contributed by atoms with Gasteiger partial charge in [-0.15, -0.1) is 0 Å². The Balaban J connectivity index is 1.71. The third kappa shape index (κ3) is 4.41. The lowest BCUT2D eigenvalue weighted by Crippen LogP contribution is -2.48. The number of carbonyl (C=O) groups is 3. The fourth-order valence-corrected chi connectivity index (χ4v) is 2.83. The van der Waals surface area contributed by atoms with E-state index in [1.165, 1.54) is 7.11 Å². The molecule has 140 valence electrons. The van der Waals surface area contributed by atoms with E-state index in [4.69, 9.17) is 4.74 Å². The first kappa shape index (κ1) is 18.4. The molecule has 3 rings (SSSR count). The molecule has 27 heavy (non-hydrogen) atoms. The summed E-state index contributed by atoms with van der Waals surface area (Å²) in [7, 11) is 1.33. The lowest BCUT2D eigenvalue weighted by molar-refractivity contribution is -0.119. The summed E-state index contributed by atoms with van der Waals surface area (Å²) in [4.78, 5) is 42.6. The quantitative estimate of drug-likeness (QED) is 0.636. The number of carbonyl (C=O) groups excluding carboxylic acids is 3. The van der Waals surface area contributed by atoms with Crippen molar-refractivity contribution in [1.29, 1.82) is 0 Å². The molecule has 0 atom stereocenters. The molecule has 0 saturated carbocycles. The van der Waals surface area contributed by atoms with E-state index in [0.29, 0.717) is 48.8 Å². The molecule has 1 N–H and O–H groups in total. The lowest BCUT2D eigenvalue weighted by atomic mass is 10.2. The fourth-order valence-electron chi connectivity index (χ4n) is 2.83. The molecule has 1 aromatic carbocycles. The summed E-state index contributed by atoms with van der Waals surface area (Å²) >= 11 is 0. The fraction of sp³-hybridized carbons (Fsp3) is 0.263. The van der Waals surface area contributed by atoms with E-state index in [9.17, 15) is 14.4 Å². The molecule has 2 heterocycles. The van der Waals surface area contributed by atoms with Gasteiger partial charge in [0.2, 0.25) is 6.41 Å². The Morgan fingerprint density at radius 2 is 1.85 bits per heavy atom. The van der Waals surface area contributed by atoms with Crippen LogP contribution in [0, 0.1) is 0 Å². The Labute approximate surface area is 156 Å². The van der Waals surface area contributed by atoms with Gasteiger partial charge in [0, 0.05) is 43.8 Å². The highest BCUT2D eigenvalue weighted by atomic mass is 16.5. The smallest absolute Gasteiger partial charge is 0.337 e. The van der Waals surface area contributed by atoms with Crippen LogP contribution in [0.5, 0.6) is 0 Å². The van der Waals surface area contributed by atoms with E-state index in [2.05, 4.69) is 10.3 Å². The Morgan fingerprint density at radius 3 is 2.56 bits per heavy atom. The van der Waals surface area contributed by atoms with Gasteiger partial charge in [-0.05, 0) is 30.3 Å². The molecule has 0 bridgehead atoms. The van der Waals surface area contributed by atoms with E-state index in [1.807, 2.05) is 6.07 Å². The maximum absolute atomic E-state index is 12.6. The molecule has 2 aromatic rings. The standard InChI is InChI=1S/C19H20N4O4/c1-27-19(26)14-3-2-4-15(11-14)21-16-5-6-20-17(12-16)18(25)23-9-7-22(13-24)8-10-23/h2-6,11-13H,7-10H2,1H3,(H,20,21). The third-order valence-corrected chi connectivity index (χ3v) is 4.30. The summed E-state index contributed by atoms with van der Waals surface area (Å²) in [5.41, 5.74) is 2.13. The minimum Gasteiger partial charge on any atom is -0.465 e. The highest BCUT2D eigenvalue weighted by molar-refractivity contribution is 5.94. The van der Waals surface area contributed by atoms with E-state index in [0.717, 1.165) is 6.41 Å². The predicted molar refractivity (Wildman–Crippen MR) is 98.8 cm³/mol. The molecule has 0 unspecified atom stereocenters. The number of benzene rings is 1. The zero-order valence-corrected chi connectivity index (χ0v) is 14.9. The first-order chi connectivity index (χ1) is 13.1. The van der Waals surface area contributed by atoms with Crippen LogP contribution < -0.4 is 5.32 Å². The maximum atomic E-state index is 12.6. The highest BCUT2D eigenvalue weighted by Gasteiger charge is 2.22. The topological polar surface area (TPSA) is 91.8 Å². The van der Waals surface area contributed by atoms with Gasteiger partial charge in [0.1, 0.15) is 5.69 Å². The number of hydrogen-bond donors (Lipinski definition) is 1. The van der Waals surface area contributed by atoms with Crippen molar-refractivity contribution in [1.82, 2.24) is 14.8 Å². The molecule has 1 saturated heterocycles. The summed E-state index contributed by atoms with van der Waals surface area (Å²) in [6.07, 6.45) is 2.36. The van der Waals surface area contributed by atoms with E-state index in [1.54, 1.807) is 46.3 Å². The first-order valence-corrected chi connectivity index (χ1v) is 8.51. The molecule has 1 fully saturated rings. The minimum absolute atomic E-state index is 0.174. The lowest BCUT2D eigenvalue weighted by Gasteiger charge is -2.32. The number of methoxy groups -OCH3 is 1. The summed E-state index contributed by atoms with van der Waals surface area (Å²) in [6, 6.07) is 10.3. The molecule has 8 nitrogen and oxygen atoms in total. The number of anilines is 2. The van der Waals surface area contributed by atoms with Gasteiger partial charge in [0.25, 0.3) is 5.91 Å². The van der Waals surface area contributed by atoms with Gasteiger partial charge in [-0.2, -0.15) is 0 Å². The van der Waals surface area contributed by atoms with E-state index < -0.39 is 5.97 Å². The van der Waals surface area contributed by atoms with Crippen molar-refractivity contribution in [2.24, 2.45) is 0 Å². The van der Waals surface area contributed by atoms with E-state index in [-0.39, 0.29) is 5.91 Å². The monoisotopic (exact) mass is 368 g/mol. The summed E-state index contributed by atoms with van der Waals surface area (Å²) in [5.74, 6) is -0.591. The number of rotatable bonds is 5. The summed E-state index contributed by atoms with van der Waals surface area (Å²) in [5, 5.41) is 3.16. The second-order valence-corrected chi connectivity index (χ2v) is 6.06. The number of nitrogens with one attached hydrogen (secondary N) is 1. The molecule has 8 heteroatoms. The molecular weight excluding hydrogens is 348 g/mol. The number of hydrogen-bond acceptors (Lipinski definition) is 6. The van der Waals surface area contributed by atoms with Crippen LogP contribution in [0.4, 0.5) is 11.4 Å². The Bertz CT molecular complexity index is 847. The van der Waals surface area contributed by atoms with Crippen molar-refractivity contribution in [3.05, 3.63) is 53.9 Å². The minimum atomic E-state index is -0.418. The molecule has 1 aliphatic rings. The number of aromatic nitrogens is 1. The van der Waals surface area contributed by atoms with Crippen LogP contribution in [-0.4, -0.2) is 66.4 Å². The second kappa shape index (κ2) is 8.31. The zero-order valence-electron chi connectivity index (χ0n) is 14.9. The Hall–Kier alpha value is -3.42. The van der Waals surface area contributed by atoms with Gasteiger partial charge >= 0.3 is 5.97 Å². The Kier molecular flexibility index (Phi) is 5.65. The van der Waals surface area contributed by atoms with Gasteiger partial charge in [-0.25, -0.2) is 4.79 Å². The average Bonchev–Trinajstić information content (AvgIpc) is 2.73. The van der Waals surface area contributed by atoms with Crippen LogP contribution in [-0.2, 0) is 9.53 Å². The normalized spacial score (nSPS) is 13.8. The largest absolute Gasteiger partial charge is 0.465 e. The number of esters is 1. The number of pyridine rings is 1. The average molecular weight is 368 g/mol. The van der Waals surface area contributed by atoms with Gasteiger partial charge in [-0.3, -0.25) is 14.6 Å². The Morgan fingerprint density at radius 1 is 1.11 bits per heavy atom. The zero-order chi connectivity index (χ0) is 19.2. The first-order valence-electron chi connectivity index (χ1n) is 8.51. The maximum Gasteiger partial charge on any atom is 0.337 e. The van der Waals surface area contributed by atoms with Gasteiger partial charge in [0.05, 0.1) is 12.7 Å². The van der Waals surface area contributed by atoms with Crippen molar-refractivity contribution < 1.29 is 19.1 Å². The highest BCUT2D eigenvalue weighted by Crippen LogP contribution is 2.19.